The first-order valence-corrected chi connectivity index (χ1v) is 21.3. The maximum absolute atomic E-state index is 13.9. The van der Waals surface area contributed by atoms with Crippen molar-refractivity contribution in [1.82, 2.24) is 33.4 Å². The largest absolute Gasteiger partial charge is 0.416 e. The van der Waals surface area contributed by atoms with E-state index in [4.69, 9.17) is 9.97 Å². The fraction of sp³-hybridized carbons (Fsp3) is 0.185. The second-order valence-corrected chi connectivity index (χ2v) is 19.3. The molecule has 3 aromatic heterocycles. The van der Waals surface area contributed by atoms with Gasteiger partial charge in [-0.25, -0.2) is 9.97 Å². The second-order valence-electron chi connectivity index (χ2n) is 19.3. The molecular weight excluding hydrogens is 804 g/mol. The number of nitrogens with one attached hydrogen (secondary N) is 2. The van der Waals surface area contributed by atoms with E-state index < -0.39 is 11.7 Å². The standard InChI is InChI=1S/C54H53F3N7/c1-62(2,3)39-20-12-35(13-21-39)51-44-28-26-42(58-44)50(34-10-18-38(19-11-34)54(55,56)57)43-27-29-45(59-43)52(36-14-22-40(23-15-36)63(4,5)6)47-31-33-49(61-47)53(48-32-30-46(51)60-48)37-16-24-41(25-17-37)64(7,8)9/h10-33,58,61H,1-9H3/q+3. The average molecular weight is 857 g/mol. The predicted molar refractivity (Wildman–Crippen MR) is 264 cm³/mol. The lowest BCUT2D eigenvalue weighted by molar-refractivity contribution is -0.137. The SMILES string of the molecule is C[N+](C)(C)c1ccc(-c2c3nc(c(-c4ccc([N+](C)(C)C)cc4)c4ccc([nH]4)c(-c4ccc([N+](C)(C)C)cc4)c4nc(c(-c5ccc(C(F)(F)F)cc5)c5ccc2[nH]5)C=C4)C=C3)cc1. The van der Waals surface area contributed by atoms with E-state index >= 15 is 0 Å². The molecule has 64 heavy (non-hydrogen) atoms. The zero-order valence-electron chi connectivity index (χ0n) is 37.7. The Labute approximate surface area is 372 Å². The van der Waals surface area contributed by atoms with Gasteiger partial charge in [0.05, 0.1) is 91.8 Å². The molecule has 9 rings (SSSR count). The van der Waals surface area contributed by atoms with Crippen molar-refractivity contribution in [1.29, 1.82) is 0 Å². The van der Waals surface area contributed by atoms with Crippen LogP contribution in [0.4, 0.5) is 30.2 Å². The normalized spacial score (nSPS) is 13.2. The van der Waals surface area contributed by atoms with Crippen LogP contribution >= 0.6 is 0 Å². The van der Waals surface area contributed by atoms with E-state index in [9.17, 15) is 13.2 Å². The molecule has 10 heteroatoms. The summed E-state index contributed by atoms with van der Waals surface area (Å²) in [6.07, 6.45) is 3.63. The molecule has 2 aliphatic rings. The minimum Gasteiger partial charge on any atom is -0.354 e. The van der Waals surface area contributed by atoms with Crippen molar-refractivity contribution < 1.29 is 13.2 Å². The van der Waals surface area contributed by atoms with Crippen LogP contribution in [0.25, 0.3) is 90.9 Å². The lowest BCUT2D eigenvalue weighted by Crippen LogP contribution is -2.34. The molecule has 2 aliphatic heterocycles. The van der Waals surface area contributed by atoms with E-state index in [2.05, 4.69) is 170 Å². The summed E-state index contributed by atoms with van der Waals surface area (Å²) >= 11 is 0. The van der Waals surface area contributed by atoms with Crippen molar-refractivity contribution in [2.24, 2.45) is 0 Å². The third-order valence-corrected chi connectivity index (χ3v) is 12.0. The predicted octanol–water partition coefficient (Wildman–Crippen LogP) is 12.9. The van der Waals surface area contributed by atoms with Crippen LogP contribution < -0.4 is 13.4 Å². The number of nitrogens with zero attached hydrogens (tertiary/aromatic N) is 5. The summed E-state index contributed by atoms with van der Waals surface area (Å²) in [4.78, 5) is 18.3. The van der Waals surface area contributed by atoms with Crippen molar-refractivity contribution in [3.05, 3.63) is 150 Å². The first-order valence-electron chi connectivity index (χ1n) is 21.3. The van der Waals surface area contributed by atoms with Crippen LogP contribution in [0.15, 0.2) is 121 Å². The van der Waals surface area contributed by atoms with Crippen LogP contribution in [-0.2, 0) is 6.18 Å². The third-order valence-electron chi connectivity index (χ3n) is 12.0. The highest BCUT2D eigenvalue weighted by Crippen LogP contribution is 2.40. The Morgan fingerprint density at radius 2 is 0.578 bits per heavy atom. The van der Waals surface area contributed by atoms with Crippen LogP contribution in [0, 0.1) is 0 Å². The lowest BCUT2D eigenvalue weighted by atomic mass is 10.0. The number of halogens is 3. The first kappa shape index (κ1) is 42.5. The maximum atomic E-state index is 13.9. The Kier molecular flexibility index (Phi) is 10.2. The maximum Gasteiger partial charge on any atom is 0.416 e. The summed E-state index contributed by atoms with van der Waals surface area (Å²) in [7, 11) is 19.3. The van der Waals surface area contributed by atoms with E-state index in [0.29, 0.717) is 35.8 Å². The monoisotopic (exact) mass is 856 g/mol. The summed E-state index contributed by atoms with van der Waals surface area (Å²) in [5, 5.41) is 0. The molecule has 0 saturated carbocycles. The number of benzene rings is 4. The van der Waals surface area contributed by atoms with Crippen molar-refractivity contribution in [2.75, 3.05) is 63.4 Å². The molecule has 8 bridgehead atoms. The first-order chi connectivity index (χ1) is 30.2. The zero-order chi connectivity index (χ0) is 45.3. The Morgan fingerprint density at radius 3 is 0.797 bits per heavy atom. The fourth-order valence-corrected chi connectivity index (χ4v) is 8.47. The van der Waals surface area contributed by atoms with Gasteiger partial charge in [0.25, 0.3) is 0 Å². The fourth-order valence-electron chi connectivity index (χ4n) is 8.47. The molecule has 0 atom stereocenters. The zero-order valence-corrected chi connectivity index (χ0v) is 37.7. The van der Waals surface area contributed by atoms with Gasteiger partial charge in [0.1, 0.15) is 17.1 Å². The topological polar surface area (TPSA) is 57.4 Å². The van der Waals surface area contributed by atoms with Crippen LogP contribution in [-0.4, -0.2) is 83.4 Å². The molecule has 0 saturated heterocycles. The minimum atomic E-state index is -4.47. The second kappa shape index (κ2) is 15.4. The number of alkyl halides is 3. The van der Waals surface area contributed by atoms with Crippen LogP contribution in [0.1, 0.15) is 28.3 Å². The van der Waals surface area contributed by atoms with Crippen LogP contribution in [0.3, 0.4) is 0 Å². The molecule has 5 heterocycles. The van der Waals surface area contributed by atoms with E-state index in [-0.39, 0.29) is 0 Å². The number of fused-ring (bicyclic) bond motifs is 8. The number of aromatic amines is 2. The number of rotatable bonds is 7. The highest BCUT2D eigenvalue weighted by molar-refractivity contribution is 6.00. The smallest absolute Gasteiger partial charge is 0.354 e. The summed E-state index contributed by atoms with van der Waals surface area (Å²) in [6.45, 7) is 0. The Bertz CT molecular complexity index is 2730. The van der Waals surface area contributed by atoms with Gasteiger partial charge in [-0.2, -0.15) is 13.2 Å². The number of H-pyrrole nitrogens is 2. The Morgan fingerprint density at radius 1 is 0.344 bits per heavy atom. The van der Waals surface area contributed by atoms with Crippen molar-refractivity contribution in [2.45, 2.75) is 6.18 Å². The summed E-state index contributed by atoms with van der Waals surface area (Å²) < 4.78 is 43.7. The highest BCUT2D eigenvalue weighted by Gasteiger charge is 2.30. The van der Waals surface area contributed by atoms with Gasteiger partial charge in [-0.3, -0.25) is 13.4 Å². The Balaban J connectivity index is 1.42. The molecule has 4 aromatic carbocycles. The molecule has 0 amide bonds. The molecule has 0 radical (unpaired) electrons. The van der Waals surface area contributed by atoms with E-state index in [0.717, 1.165) is 90.5 Å². The van der Waals surface area contributed by atoms with Gasteiger partial charge in [-0.1, -0.05) is 12.1 Å². The van der Waals surface area contributed by atoms with Gasteiger partial charge in [0.2, 0.25) is 0 Å². The van der Waals surface area contributed by atoms with Crippen molar-refractivity contribution in [3.8, 4) is 44.5 Å². The average Bonchev–Trinajstić information content (AvgIpc) is 4.08. The van der Waals surface area contributed by atoms with E-state index in [1.54, 1.807) is 0 Å². The lowest BCUT2D eigenvalue weighted by Gasteiger charge is -2.23. The van der Waals surface area contributed by atoms with Crippen LogP contribution in [0.2, 0.25) is 0 Å². The molecule has 322 valence electrons. The molecule has 0 unspecified atom stereocenters. The van der Waals surface area contributed by atoms with Crippen molar-refractivity contribution in [3.63, 3.8) is 0 Å². The van der Waals surface area contributed by atoms with Gasteiger partial charge in [0, 0.05) is 44.3 Å². The highest BCUT2D eigenvalue weighted by atomic mass is 19.4. The quantitative estimate of drug-likeness (QED) is 0.157. The number of quaternary nitrogens is 3. The summed E-state index contributed by atoms with van der Waals surface area (Å²) in [5.74, 6) is 0. The molecule has 2 N–H and O–H groups in total. The van der Waals surface area contributed by atoms with Gasteiger partial charge < -0.3 is 9.97 Å². The van der Waals surface area contributed by atoms with Gasteiger partial charge in [0.15, 0.2) is 0 Å². The number of hydrogen-bond acceptors (Lipinski definition) is 2. The van der Waals surface area contributed by atoms with E-state index in [1.165, 1.54) is 17.8 Å². The van der Waals surface area contributed by atoms with Gasteiger partial charge in [-0.05, 0) is 156 Å². The Hall–Kier alpha value is -6.85. The number of aromatic nitrogens is 4. The van der Waals surface area contributed by atoms with Gasteiger partial charge >= 0.3 is 6.18 Å². The van der Waals surface area contributed by atoms with Crippen molar-refractivity contribution >= 4 is 63.4 Å². The number of hydrogen-bond donors (Lipinski definition) is 2. The molecule has 0 spiro atoms. The summed E-state index contributed by atoms with van der Waals surface area (Å²) in [6, 6.07) is 39.3. The minimum absolute atomic E-state index is 0.598. The summed E-state index contributed by atoms with van der Waals surface area (Å²) in [5.41, 5.74) is 15.9. The third kappa shape index (κ3) is 8.12. The molecule has 0 fully saturated rings. The van der Waals surface area contributed by atoms with Crippen LogP contribution in [0.5, 0.6) is 0 Å². The molecule has 7 aromatic rings. The molecule has 0 aliphatic carbocycles. The molecule has 7 nitrogen and oxygen atoms in total. The van der Waals surface area contributed by atoms with Gasteiger partial charge in [-0.15, -0.1) is 0 Å². The molecular formula is C54H53F3N7+3. The van der Waals surface area contributed by atoms with E-state index in [1.807, 2.05) is 24.3 Å².